The number of benzene rings is 3. The number of hydrazone groups is 1. The number of aliphatic carboxylic acids is 1. The molecule has 3 aromatic carbocycles. The Morgan fingerprint density at radius 1 is 0.971 bits per heavy atom. The van der Waals surface area contributed by atoms with Gasteiger partial charge in [-0.2, -0.15) is 10.2 Å². The zero-order chi connectivity index (χ0) is 24.3. The van der Waals surface area contributed by atoms with Crippen molar-refractivity contribution in [3.05, 3.63) is 102 Å². The fourth-order valence-electron chi connectivity index (χ4n) is 2.98. The molecule has 1 aromatic heterocycles. The highest BCUT2D eigenvalue weighted by molar-refractivity contribution is 5.95. The van der Waals surface area contributed by atoms with Gasteiger partial charge in [0.15, 0.2) is 0 Å². The topological polar surface area (TPSA) is 106 Å². The van der Waals surface area contributed by atoms with Gasteiger partial charge in [0.2, 0.25) is 0 Å². The summed E-state index contributed by atoms with van der Waals surface area (Å²) < 4.78 is 6.91. The number of ether oxygens (including phenoxy) is 1. The minimum Gasteiger partial charge on any atom is -0.497 e. The number of carbonyl (C=O) groups is 2. The van der Waals surface area contributed by atoms with Gasteiger partial charge in [-0.3, -0.25) is 9.59 Å². The van der Waals surface area contributed by atoms with Crippen LogP contribution >= 0.6 is 0 Å². The van der Waals surface area contributed by atoms with Crippen LogP contribution in [0.1, 0.15) is 22.8 Å². The zero-order valence-corrected chi connectivity index (χ0v) is 18.8. The van der Waals surface area contributed by atoms with Gasteiger partial charge in [0.25, 0.3) is 11.9 Å². The third-order valence-corrected chi connectivity index (χ3v) is 4.53. The molecule has 0 fully saturated rings. The number of methoxy groups -OCH3 is 1. The number of hydrogen-bond donors (Lipinski definition) is 2. The highest BCUT2D eigenvalue weighted by atomic mass is 16.5. The van der Waals surface area contributed by atoms with Crippen LogP contribution in [0.25, 0.3) is 16.9 Å². The van der Waals surface area contributed by atoms with Crippen LogP contribution in [0.3, 0.4) is 0 Å². The fraction of sp³-hybridized carbons (Fsp3) is 0.0769. The van der Waals surface area contributed by atoms with Crippen LogP contribution in [0.2, 0.25) is 0 Å². The predicted octanol–water partition coefficient (Wildman–Crippen LogP) is 4.40. The third-order valence-electron chi connectivity index (χ3n) is 4.53. The molecule has 0 bridgehead atoms. The van der Waals surface area contributed by atoms with Crippen molar-refractivity contribution in [1.29, 1.82) is 0 Å². The van der Waals surface area contributed by atoms with Crippen LogP contribution in [0.15, 0.2) is 96.2 Å². The van der Waals surface area contributed by atoms with E-state index in [0.29, 0.717) is 11.3 Å². The van der Waals surface area contributed by atoms with Gasteiger partial charge in [-0.05, 0) is 36.4 Å². The average molecular weight is 457 g/mol. The molecular weight excluding hydrogens is 432 g/mol. The minimum absolute atomic E-state index is 0.300. The highest BCUT2D eigenvalue weighted by Crippen LogP contribution is 2.22. The fourth-order valence-corrected chi connectivity index (χ4v) is 2.98. The molecule has 34 heavy (non-hydrogen) atoms. The van der Waals surface area contributed by atoms with E-state index in [0.717, 1.165) is 29.4 Å². The van der Waals surface area contributed by atoms with Gasteiger partial charge in [0.05, 0.1) is 19.0 Å². The Labute approximate surface area is 197 Å². The number of hydrogen-bond acceptors (Lipinski definition) is 5. The lowest BCUT2D eigenvalue weighted by Gasteiger charge is -2.02. The highest BCUT2D eigenvalue weighted by Gasteiger charge is 2.11. The third kappa shape index (κ3) is 6.64. The molecule has 0 atom stereocenters. The number of rotatable bonds is 6. The Morgan fingerprint density at radius 3 is 2.15 bits per heavy atom. The molecular formula is C26H24N4O4. The molecule has 0 aliphatic rings. The Hall–Kier alpha value is -4.72. The Bertz CT molecular complexity index is 1250. The Balaban J connectivity index is 0.000000751. The van der Waals surface area contributed by atoms with E-state index in [1.165, 1.54) is 0 Å². The van der Waals surface area contributed by atoms with Crippen molar-refractivity contribution < 1.29 is 19.4 Å². The number of para-hydroxylation sites is 1. The number of nitrogens with zero attached hydrogens (tertiary/aromatic N) is 3. The molecule has 0 radical (unpaired) electrons. The van der Waals surface area contributed by atoms with E-state index in [1.54, 1.807) is 42.3 Å². The first-order chi connectivity index (χ1) is 16.5. The van der Waals surface area contributed by atoms with Gasteiger partial charge in [-0.15, -0.1) is 0 Å². The monoisotopic (exact) mass is 456 g/mol. The SMILES string of the molecule is CC(=O)O.COc1ccc(C(=O)N/N=C/c2cn(-c3ccccc3)nc2-c2ccccc2)cc1. The number of aromatic nitrogens is 2. The van der Waals surface area contributed by atoms with Gasteiger partial charge in [0, 0.05) is 29.8 Å². The standard InChI is InChI=1S/C24H20N4O2.C2H4O2/c1-30-22-14-12-19(13-15-22)24(29)26-25-16-20-17-28(21-10-6-3-7-11-21)27-23(20)18-8-4-2-5-9-18;1-2(3)4/h2-17H,1H3,(H,26,29);1H3,(H,3,4)/b25-16+;. The lowest BCUT2D eigenvalue weighted by atomic mass is 10.1. The van der Waals surface area contributed by atoms with Crippen LogP contribution < -0.4 is 10.2 Å². The summed E-state index contributed by atoms with van der Waals surface area (Å²) in [5, 5.41) is 16.3. The van der Waals surface area contributed by atoms with Crippen LogP contribution in [-0.4, -0.2) is 40.1 Å². The summed E-state index contributed by atoms with van der Waals surface area (Å²) in [4.78, 5) is 21.3. The van der Waals surface area contributed by atoms with Crippen molar-refractivity contribution in [2.45, 2.75) is 6.92 Å². The zero-order valence-electron chi connectivity index (χ0n) is 18.8. The first-order valence-electron chi connectivity index (χ1n) is 10.4. The van der Waals surface area contributed by atoms with E-state index >= 15 is 0 Å². The van der Waals surface area contributed by atoms with Crippen LogP contribution in [0, 0.1) is 0 Å². The molecule has 8 nitrogen and oxygen atoms in total. The van der Waals surface area contributed by atoms with Crippen LogP contribution in [0.4, 0.5) is 0 Å². The van der Waals surface area contributed by atoms with E-state index in [9.17, 15) is 4.79 Å². The van der Waals surface area contributed by atoms with E-state index < -0.39 is 5.97 Å². The first kappa shape index (κ1) is 23.9. The van der Waals surface area contributed by atoms with Crippen molar-refractivity contribution in [2.24, 2.45) is 5.10 Å². The Morgan fingerprint density at radius 2 is 1.56 bits per heavy atom. The lowest BCUT2D eigenvalue weighted by molar-refractivity contribution is -0.134. The Kier molecular flexibility index (Phi) is 8.29. The summed E-state index contributed by atoms with van der Waals surface area (Å²) in [7, 11) is 1.58. The normalized spacial score (nSPS) is 10.3. The maximum atomic E-state index is 12.3. The molecule has 8 heteroatoms. The quantitative estimate of drug-likeness (QED) is 0.330. The second-order valence-electron chi connectivity index (χ2n) is 7.03. The number of nitrogens with one attached hydrogen (secondary N) is 1. The number of carbonyl (C=O) groups excluding carboxylic acids is 1. The molecule has 0 unspecified atom stereocenters. The maximum Gasteiger partial charge on any atom is 0.300 e. The molecule has 4 rings (SSSR count). The molecule has 2 N–H and O–H groups in total. The van der Waals surface area contributed by atoms with Crippen molar-refractivity contribution >= 4 is 18.1 Å². The summed E-state index contributed by atoms with van der Waals surface area (Å²) >= 11 is 0. The molecule has 0 saturated heterocycles. The number of amides is 1. The van der Waals surface area contributed by atoms with Crippen LogP contribution in [0.5, 0.6) is 5.75 Å². The van der Waals surface area contributed by atoms with Gasteiger partial charge in [0.1, 0.15) is 11.4 Å². The molecule has 0 aliphatic carbocycles. The van der Waals surface area contributed by atoms with Crippen LogP contribution in [-0.2, 0) is 4.79 Å². The van der Waals surface area contributed by atoms with E-state index in [1.807, 2.05) is 66.9 Å². The molecule has 1 amide bonds. The molecule has 0 spiro atoms. The van der Waals surface area contributed by atoms with E-state index in [2.05, 4.69) is 10.5 Å². The lowest BCUT2D eigenvalue weighted by Crippen LogP contribution is -2.17. The average Bonchev–Trinajstić information content (AvgIpc) is 3.29. The second-order valence-corrected chi connectivity index (χ2v) is 7.03. The van der Waals surface area contributed by atoms with Gasteiger partial charge >= 0.3 is 0 Å². The maximum absolute atomic E-state index is 12.3. The van der Waals surface area contributed by atoms with Gasteiger partial charge < -0.3 is 9.84 Å². The molecule has 0 saturated carbocycles. The summed E-state index contributed by atoms with van der Waals surface area (Å²) in [5.41, 5.74) is 6.54. The van der Waals surface area contributed by atoms with Crippen molar-refractivity contribution in [3.8, 4) is 22.7 Å². The molecule has 1 heterocycles. The first-order valence-corrected chi connectivity index (χ1v) is 10.4. The van der Waals surface area contributed by atoms with Crippen molar-refractivity contribution in [1.82, 2.24) is 15.2 Å². The second kappa shape index (κ2) is 11.8. The summed E-state index contributed by atoms with van der Waals surface area (Å²) in [5.74, 6) is -0.443. The molecule has 4 aromatic rings. The molecule has 0 aliphatic heterocycles. The summed E-state index contributed by atoms with van der Waals surface area (Å²) in [6, 6.07) is 26.5. The number of carboxylic acids is 1. The number of carboxylic acid groups (broad SMARTS) is 1. The molecule has 172 valence electrons. The summed E-state index contributed by atoms with van der Waals surface area (Å²) in [6.45, 7) is 1.08. The largest absolute Gasteiger partial charge is 0.497 e. The van der Waals surface area contributed by atoms with Crippen molar-refractivity contribution in [2.75, 3.05) is 7.11 Å². The van der Waals surface area contributed by atoms with E-state index in [-0.39, 0.29) is 5.91 Å². The summed E-state index contributed by atoms with van der Waals surface area (Å²) in [6.07, 6.45) is 3.50. The van der Waals surface area contributed by atoms with E-state index in [4.69, 9.17) is 19.7 Å². The van der Waals surface area contributed by atoms with Gasteiger partial charge in [-0.25, -0.2) is 10.1 Å². The predicted molar refractivity (Wildman–Crippen MR) is 130 cm³/mol. The van der Waals surface area contributed by atoms with Crippen molar-refractivity contribution in [3.63, 3.8) is 0 Å². The van der Waals surface area contributed by atoms with Gasteiger partial charge in [-0.1, -0.05) is 48.5 Å². The smallest absolute Gasteiger partial charge is 0.300 e. The minimum atomic E-state index is -0.833.